The highest BCUT2D eigenvalue weighted by Crippen LogP contribution is 1.94. The summed E-state index contributed by atoms with van der Waals surface area (Å²) in [6.07, 6.45) is 6.34. The van der Waals surface area contributed by atoms with E-state index < -0.39 is 10.0 Å². The van der Waals surface area contributed by atoms with Gasteiger partial charge in [0, 0.05) is 0 Å². The molecule has 0 bridgehead atoms. The van der Waals surface area contributed by atoms with Crippen LogP contribution in [-0.2, 0) is 10.0 Å². The van der Waals surface area contributed by atoms with Gasteiger partial charge in [0.25, 0.3) is 0 Å². The lowest BCUT2D eigenvalue weighted by atomic mass is 10.3. The summed E-state index contributed by atoms with van der Waals surface area (Å²) >= 11 is 0. The van der Waals surface area contributed by atoms with Crippen LogP contribution >= 0.6 is 0 Å². The van der Waals surface area contributed by atoms with E-state index in [2.05, 4.69) is 10.6 Å². The van der Waals surface area contributed by atoms with Crippen molar-refractivity contribution in [2.24, 2.45) is 0 Å². The number of nitrogens with one attached hydrogen (secondary N) is 1. The molecule has 1 atom stereocenters. The lowest BCUT2D eigenvalue weighted by molar-refractivity contribution is 0.569. The predicted octanol–water partition coefficient (Wildman–Crippen LogP) is 0.728. The minimum absolute atomic E-state index is 0.144. The van der Waals surface area contributed by atoms with Crippen LogP contribution in [0.15, 0.2) is 0 Å². The molecular weight excluding hydrogens is 174 g/mol. The molecule has 0 heterocycles. The fraction of sp³-hybridized carbons (Fsp3) is 0.750. The lowest BCUT2D eigenvalue weighted by Crippen LogP contribution is -2.34. The second kappa shape index (κ2) is 5.18. The molecule has 0 aromatic rings. The molecule has 4 heteroatoms. The quantitative estimate of drug-likeness (QED) is 0.648. The summed E-state index contributed by atoms with van der Waals surface area (Å²) in [6.45, 7) is 3.66. The van der Waals surface area contributed by atoms with Gasteiger partial charge in [0.05, 0.1) is 11.8 Å². The highest BCUT2D eigenvalue weighted by atomic mass is 32.2. The van der Waals surface area contributed by atoms with Crippen molar-refractivity contribution in [1.29, 1.82) is 0 Å². The van der Waals surface area contributed by atoms with Crippen LogP contribution in [0.2, 0.25) is 0 Å². The van der Waals surface area contributed by atoms with Crippen molar-refractivity contribution in [2.75, 3.05) is 5.75 Å². The number of rotatable bonds is 5. The molecule has 0 aliphatic rings. The first-order valence-electron chi connectivity index (χ1n) is 4.01. The number of terminal acetylenes is 1. The number of sulfonamides is 1. The second-order valence-electron chi connectivity index (χ2n) is 2.56. The van der Waals surface area contributed by atoms with Crippen LogP contribution in [0.3, 0.4) is 0 Å². The molecule has 0 aliphatic heterocycles. The van der Waals surface area contributed by atoms with E-state index in [9.17, 15) is 8.42 Å². The maximum atomic E-state index is 11.2. The summed E-state index contributed by atoms with van der Waals surface area (Å²) in [5.74, 6) is 2.52. The minimum atomic E-state index is -3.15. The van der Waals surface area contributed by atoms with Gasteiger partial charge in [-0.3, -0.25) is 0 Å². The van der Waals surface area contributed by atoms with Gasteiger partial charge in [-0.15, -0.1) is 6.42 Å². The molecule has 12 heavy (non-hydrogen) atoms. The molecule has 0 radical (unpaired) electrons. The van der Waals surface area contributed by atoms with Crippen molar-refractivity contribution in [2.45, 2.75) is 32.7 Å². The van der Waals surface area contributed by atoms with E-state index in [-0.39, 0.29) is 11.8 Å². The molecule has 0 spiro atoms. The highest BCUT2D eigenvalue weighted by molar-refractivity contribution is 7.89. The van der Waals surface area contributed by atoms with Gasteiger partial charge in [-0.1, -0.05) is 19.8 Å². The summed E-state index contributed by atoms with van der Waals surface area (Å²) in [6, 6.07) is -0.360. The topological polar surface area (TPSA) is 46.2 Å². The van der Waals surface area contributed by atoms with E-state index in [0.717, 1.165) is 0 Å². The van der Waals surface area contributed by atoms with Crippen molar-refractivity contribution >= 4 is 10.0 Å². The van der Waals surface area contributed by atoms with Crippen LogP contribution in [0.4, 0.5) is 0 Å². The van der Waals surface area contributed by atoms with Crippen LogP contribution in [0.1, 0.15) is 26.7 Å². The first-order chi connectivity index (χ1) is 5.55. The molecule has 0 saturated heterocycles. The molecule has 0 rings (SSSR count). The average Bonchev–Trinajstić information content (AvgIpc) is 2.00. The number of hydrogen-bond donors (Lipinski definition) is 1. The molecular formula is C8H15NO2S. The highest BCUT2D eigenvalue weighted by Gasteiger charge is 2.12. The third kappa shape index (κ3) is 4.37. The van der Waals surface area contributed by atoms with Gasteiger partial charge in [-0.25, -0.2) is 13.1 Å². The minimum Gasteiger partial charge on any atom is -0.212 e. The predicted molar refractivity (Wildman–Crippen MR) is 50.1 cm³/mol. The van der Waals surface area contributed by atoms with Gasteiger partial charge >= 0.3 is 0 Å². The zero-order valence-electron chi connectivity index (χ0n) is 7.50. The Labute approximate surface area is 74.6 Å². The van der Waals surface area contributed by atoms with Gasteiger partial charge < -0.3 is 0 Å². The Bertz CT molecular complexity index is 251. The molecule has 0 aliphatic carbocycles. The van der Waals surface area contributed by atoms with Crippen molar-refractivity contribution in [3.63, 3.8) is 0 Å². The Morgan fingerprint density at radius 2 is 2.08 bits per heavy atom. The standard InChI is InChI=1S/C8H15NO2S/c1-4-7-12(10,11)9-8(5-2)6-3/h2,8-9H,4,6-7H2,1,3H3. The fourth-order valence-electron chi connectivity index (χ4n) is 0.780. The summed E-state index contributed by atoms with van der Waals surface area (Å²) in [5, 5.41) is 0. The van der Waals surface area contributed by atoms with Crippen LogP contribution < -0.4 is 4.72 Å². The summed E-state index contributed by atoms with van der Waals surface area (Å²) < 4.78 is 24.7. The van der Waals surface area contributed by atoms with E-state index in [4.69, 9.17) is 6.42 Å². The molecule has 0 aromatic heterocycles. The van der Waals surface area contributed by atoms with Crippen LogP contribution in [0.25, 0.3) is 0 Å². The smallest absolute Gasteiger partial charge is 0.212 e. The second-order valence-corrected chi connectivity index (χ2v) is 4.44. The molecule has 0 fully saturated rings. The maximum Gasteiger partial charge on any atom is 0.212 e. The van der Waals surface area contributed by atoms with Crippen molar-refractivity contribution in [3.05, 3.63) is 0 Å². The number of hydrogen-bond acceptors (Lipinski definition) is 2. The van der Waals surface area contributed by atoms with Crippen molar-refractivity contribution < 1.29 is 8.42 Å². The van der Waals surface area contributed by atoms with Crippen LogP contribution in [0.5, 0.6) is 0 Å². The lowest BCUT2D eigenvalue weighted by Gasteiger charge is -2.09. The van der Waals surface area contributed by atoms with E-state index in [1.807, 2.05) is 13.8 Å². The fourth-order valence-corrected chi connectivity index (χ4v) is 2.10. The van der Waals surface area contributed by atoms with E-state index in [1.165, 1.54) is 0 Å². The Balaban J connectivity index is 4.16. The molecule has 0 amide bonds. The molecule has 0 aromatic carbocycles. The summed E-state index contributed by atoms with van der Waals surface area (Å²) in [7, 11) is -3.15. The van der Waals surface area contributed by atoms with Gasteiger partial charge in [-0.05, 0) is 12.8 Å². The molecule has 0 saturated carbocycles. The average molecular weight is 189 g/mol. The van der Waals surface area contributed by atoms with Crippen LogP contribution in [-0.4, -0.2) is 20.2 Å². The Morgan fingerprint density at radius 1 is 1.50 bits per heavy atom. The molecule has 3 nitrogen and oxygen atoms in total. The summed E-state index contributed by atoms with van der Waals surface area (Å²) in [4.78, 5) is 0. The first kappa shape index (κ1) is 11.5. The van der Waals surface area contributed by atoms with Gasteiger partial charge in [0.15, 0.2) is 0 Å². The molecule has 1 unspecified atom stereocenters. The SMILES string of the molecule is C#CC(CC)NS(=O)(=O)CCC. The largest absolute Gasteiger partial charge is 0.212 e. The monoisotopic (exact) mass is 189 g/mol. The van der Waals surface area contributed by atoms with E-state index in [1.54, 1.807) is 0 Å². The van der Waals surface area contributed by atoms with Gasteiger partial charge in [0.2, 0.25) is 10.0 Å². The molecule has 70 valence electrons. The first-order valence-corrected chi connectivity index (χ1v) is 5.67. The maximum absolute atomic E-state index is 11.2. The Kier molecular flexibility index (Phi) is 4.95. The normalized spacial score (nSPS) is 13.8. The Morgan fingerprint density at radius 3 is 2.42 bits per heavy atom. The van der Waals surface area contributed by atoms with Gasteiger partial charge in [0.1, 0.15) is 0 Å². The zero-order valence-corrected chi connectivity index (χ0v) is 8.32. The third-order valence-corrected chi connectivity index (χ3v) is 2.99. The summed E-state index contributed by atoms with van der Waals surface area (Å²) in [5.41, 5.74) is 0. The molecule has 1 N–H and O–H groups in total. The zero-order chi connectivity index (χ0) is 9.61. The Hall–Kier alpha value is -0.530. The van der Waals surface area contributed by atoms with E-state index in [0.29, 0.717) is 12.8 Å². The van der Waals surface area contributed by atoms with Crippen molar-refractivity contribution in [3.8, 4) is 12.3 Å². The van der Waals surface area contributed by atoms with Gasteiger partial charge in [-0.2, -0.15) is 0 Å². The third-order valence-electron chi connectivity index (χ3n) is 1.40. The van der Waals surface area contributed by atoms with Crippen LogP contribution in [0, 0.1) is 12.3 Å². The van der Waals surface area contributed by atoms with Crippen molar-refractivity contribution in [1.82, 2.24) is 4.72 Å². The van der Waals surface area contributed by atoms with E-state index >= 15 is 0 Å².